The highest BCUT2D eigenvalue weighted by Gasteiger charge is 2.21. The van der Waals surface area contributed by atoms with Crippen LogP contribution in [-0.4, -0.2) is 68.1 Å². The number of piperazine rings is 1. The quantitative estimate of drug-likeness (QED) is 0.541. The molecular formula is C26H32ClN3O4. The number of aryl methyl sites for hydroxylation is 1. The van der Waals surface area contributed by atoms with Gasteiger partial charge in [-0.1, -0.05) is 36.7 Å². The predicted molar refractivity (Wildman–Crippen MR) is 136 cm³/mol. The lowest BCUT2D eigenvalue weighted by Gasteiger charge is -2.33. The largest absolute Gasteiger partial charge is 0.491 e. The molecule has 2 aromatic rings. The van der Waals surface area contributed by atoms with Crippen LogP contribution in [0.3, 0.4) is 0 Å². The van der Waals surface area contributed by atoms with E-state index in [0.717, 1.165) is 23.2 Å². The molecule has 34 heavy (non-hydrogen) atoms. The Balaban J connectivity index is 1.52. The van der Waals surface area contributed by atoms with Crippen LogP contribution in [0.25, 0.3) is 6.08 Å². The molecule has 0 radical (unpaired) electrons. The van der Waals surface area contributed by atoms with Crippen LogP contribution in [-0.2, 0) is 16.0 Å². The van der Waals surface area contributed by atoms with Crippen LogP contribution in [0.15, 0.2) is 42.5 Å². The summed E-state index contributed by atoms with van der Waals surface area (Å²) in [7, 11) is 1.54. The summed E-state index contributed by atoms with van der Waals surface area (Å²) in [6.45, 7) is 7.15. The summed E-state index contributed by atoms with van der Waals surface area (Å²) in [6.07, 6.45) is 4.12. The molecule has 2 aromatic carbocycles. The molecule has 182 valence electrons. The van der Waals surface area contributed by atoms with E-state index in [0.29, 0.717) is 55.9 Å². The van der Waals surface area contributed by atoms with Crippen LogP contribution in [0.1, 0.15) is 25.0 Å². The van der Waals surface area contributed by atoms with E-state index in [1.165, 1.54) is 13.2 Å². The second-order valence-electron chi connectivity index (χ2n) is 7.96. The molecule has 0 atom stereocenters. The molecule has 0 spiro atoms. The minimum absolute atomic E-state index is 0.0398. The first kappa shape index (κ1) is 25.6. The van der Waals surface area contributed by atoms with E-state index in [1.54, 1.807) is 23.1 Å². The summed E-state index contributed by atoms with van der Waals surface area (Å²) in [5.41, 5.74) is 2.73. The van der Waals surface area contributed by atoms with Crippen molar-refractivity contribution in [1.82, 2.24) is 9.80 Å². The Hall–Kier alpha value is -3.03. The molecule has 1 fully saturated rings. The van der Waals surface area contributed by atoms with Crippen molar-refractivity contribution in [2.24, 2.45) is 0 Å². The van der Waals surface area contributed by atoms with Gasteiger partial charge in [-0.05, 0) is 48.7 Å². The van der Waals surface area contributed by atoms with Crippen molar-refractivity contribution in [3.63, 3.8) is 0 Å². The third-order valence-electron chi connectivity index (χ3n) is 5.68. The molecule has 0 aromatic heterocycles. The molecule has 0 bridgehead atoms. The zero-order valence-electron chi connectivity index (χ0n) is 20.0. The summed E-state index contributed by atoms with van der Waals surface area (Å²) >= 11 is 6.29. The van der Waals surface area contributed by atoms with Gasteiger partial charge in [-0.3, -0.25) is 14.5 Å². The maximum atomic E-state index is 12.7. The average molecular weight is 486 g/mol. The lowest BCUT2D eigenvalue weighted by Crippen LogP contribution is -2.50. The first-order chi connectivity index (χ1) is 16.4. The lowest BCUT2D eigenvalue weighted by molar-refractivity contribution is -0.127. The number of hydrogen-bond donors (Lipinski definition) is 1. The van der Waals surface area contributed by atoms with Gasteiger partial charge in [-0.15, -0.1) is 0 Å². The number of rotatable bonds is 9. The van der Waals surface area contributed by atoms with Gasteiger partial charge < -0.3 is 19.7 Å². The van der Waals surface area contributed by atoms with Crippen molar-refractivity contribution in [1.29, 1.82) is 0 Å². The minimum atomic E-state index is -0.0779. The molecule has 1 N–H and O–H groups in total. The van der Waals surface area contributed by atoms with Gasteiger partial charge in [-0.2, -0.15) is 0 Å². The van der Waals surface area contributed by atoms with Crippen molar-refractivity contribution in [2.75, 3.05) is 51.8 Å². The van der Waals surface area contributed by atoms with Gasteiger partial charge in [0.25, 0.3) is 0 Å². The first-order valence-electron chi connectivity index (χ1n) is 11.5. The molecule has 1 saturated heterocycles. The van der Waals surface area contributed by atoms with Crippen LogP contribution in [0.5, 0.6) is 11.5 Å². The number of halogens is 1. The zero-order valence-corrected chi connectivity index (χ0v) is 20.7. The van der Waals surface area contributed by atoms with E-state index in [4.69, 9.17) is 21.1 Å². The standard InChI is InChI=1S/C26H32ClN3O4/c1-4-20-8-6-7-9-22(20)28-24(31)18-29-12-14-30(15-13-29)25(32)11-10-19-16-21(27)26(33-3)23(17-19)34-5-2/h6-11,16-17H,4-5,12-15,18H2,1-3H3,(H,28,31)/b11-10+. The molecule has 8 heteroatoms. The van der Waals surface area contributed by atoms with Crippen LogP contribution >= 0.6 is 11.6 Å². The first-order valence-corrected chi connectivity index (χ1v) is 11.9. The lowest BCUT2D eigenvalue weighted by atomic mass is 10.1. The highest BCUT2D eigenvalue weighted by atomic mass is 35.5. The Bertz CT molecular complexity index is 1030. The number of amides is 2. The second-order valence-corrected chi connectivity index (χ2v) is 8.37. The fraction of sp³-hybridized carbons (Fsp3) is 0.385. The Morgan fingerprint density at radius 3 is 2.53 bits per heavy atom. The highest BCUT2D eigenvalue weighted by molar-refractivity contribution is 6.32. The van der Waals surface area contributed by atoms with Crippen LogP contribution < -0.4 is 14.8 Å². The van der Waals surface area contributed by atoms with E-state index in [9.17, 15) is 9.59 Å². The average Bonchev–Trinajstić information content (AvgIpc) is 2.83. The Labute approximate surface area is 206 Å². The number of carbonyl (C=O) groups excluding carboxylic acids is 2. The maximum Gasteiger partial charge on any atom is 0.246 e. The van der Waals surface area contributed by atoms with Gasteiger partial charge in [0.2, 0.25) is 11.8 Å². The third kappa shape index (κ3) is 6.74. The normalized spacial score (nSPS) is 14.3. The summed E-state index contributed by atoms with van der Waals surface area (Å²) in [5.74, 6) is 0.899. The van der Waals surface area contributed by atoms with Gasteiger partial charge >= 0.3 is 0 Å². The topological polar surface area (TPSA) is 71.1 Å². The number of ether oxygens (including phenoxy) is 2. The number of carbonyl (C=O) groups is 2. The molecule has 7 nitrogen and oxygen atoms in total. The predicted octanol–water partition coefficient (Wildman–Crippen LogP) is 4.11. The fourth-order valence-electron chi connectivity index (χ4n) is 3.89. The fourth-order valence-corrected chi connectivity index (χ4v) is 4.18. The third-order valence-corrected chi connectivity index (χ3v) is 5.96. The van der Waals surface area contributed by atoms with Gasteiger partial charge in [0.15, 0.2) is 11.5 Å². The molecule has 0 aliphatic carbocycles. The molecule has 1 aliphatic heterocycles. The second kappa shape index (κ2) is 12.4. The van der Waals surface area contributed by atoms with Gasteiger partial charge in [-0.25, -0.2) is 0 Å². The molecule has 0 unspecified atom stereocenters. The van der Waals surface area contributed by atoms with Crippen molar-refractivity contribution in [3.05, 3.63) is 58.6 Å². The molecule has 0 saturated carbocycles. The number of benzene rings is 2. The van der Waals surface area contributed by atoms with Crippen molar-refractivity contribution >= 4 is 35.2 Å². The molecule has 1 aliphatic rings. The van der Waals surface area contributed by atoms with Gasteiger partial charge in [0.1, 0.15) is 0 Å². The Morgan fingerprint density at radius 2 is 1.85 bits per heavy atom. The minimum Gasteiger partial charge on any atom is -0.491 e. The SMILES string of the molecule is CCOc1cc(/C=C/C(=O)N2CCN(CC(=O)Nc3ccccc3CC)CC2)cc(Cl)c1OC. The monoisotopic (exact) mass is 485 g/mol. The van der Waals surface area contributed by atoms with Crippen LogP contribution in [0.2, 0.25) is 5.02 Å². The van der Waals surface area contributed by atoms with Crippen LogP contribution in [0, 0.1) is 0 Å². The number of methoxy groups -OCH3 is 1. The molecule has 3 rings (SSSR count). The number of anilines is 1. The van der Waals surface area contributed by atoms with Gasteiger partial charge in [0.05, 0.1) is 25.3 Å². The van der Waals surface area contributed by atoms with Crippen molar-refractivity contribution in [3.8, 4) is 11.5 Å². The van der Waals surface area contributed by atoms with E-state index in [1.807, 2.05) is 31.2 Å². The summed E-state index contributed by atoms with van der Waals surface area (Å²) in [5, 5.41) is 3.43. The van der Waals surface area contributed by atoms with Crippen LogP contribution in [0.4, 0.5) is 5.69 Å². The summed E-state index contributed by atoms with van der Waals surface area (Å²) in [4.78, 5) is 29.0. The molecule has 2 amide bonds. The smallest absolute Gasteiger partial charge is 0.246 e. The van der Waals surface area contributed by atoms with Gasteiger partial charge in [0, 0.05) is 37.9 Å². The zero-order chi connectivity index (χ0) is 24.5. The van der Waals surface area contributed by atoms with E-state index in [-0.39, 0.29) is 11.8 Å². The Kier molecular flexibility index (Phi) is 9.36. The van der Waals surface area contributed by atoms with E-state index < -0.39 is 0 Å². The molecule has 1 heterocycles. The number of para-hydroxylation sites is 1. The number of nitrogens with one attached hydrogen (secondary N) is 1. The van der Waals surface area contributed by atoms with E-state index in [2.05, 4.69) is 17.1 Å². The summed E-state index contributed by atoms with van der Waals surface area (Å²) < 4.78 is 10.9. The van der Waals surface area contributed by atoms with Crippen molar-refractivity contribution < 1.29 is 19.1 Å². The van der Waals surface area contributed by atoms with E-state index >= 15 is 0 Å². The Morgan fingerprint density at radius 1 is 1.12 bits per heavy atom. The van der Waals surface area contributed by atoms with Crippen molar-refractivity contribution in [2.45, 2.75) is 20.3 Å². The number of hydrogen-bond acceptors (Lipinski definition) is 5. The maximum absolute atomic E-state index is 12.7. The highest BCUT2D eigenvalue weighted by Crippen LogP contribution is 2.36. The molecular weight excluding hydrogens is 454 g/mol. The number of nitrogens with zero attached hydrogens (tertiary/aromatic N) is 2. The summed E-state index contributed by atoms with van der Waals surface area (Å²) in [6, 6.07) is 11.4.